The lowest BCUT2D eigenvalue weighted by molar-refractivity contribution is -0.275. The van der Waals surface area contributed by atoms with Crippen molar-refractivity contribution in [3.05, 3.63) is 92.5 Å². The number of halogens is 6. The van der Waals surface area contributed by atoms with E-state index in [0.717, 1.165) is 12.1 Å². The first kappa shape index (κ1) is 25.4. The van der Waals surface area contributed by atoms with Gasteiger partial charge in [-0.05, 0) is 35.7 Å². The molecule has 4 aromatic rings. The summed E-state index contributed by atoms with van der Waals surface area (Å²) in [4.78, 5) is 26.0. The first-order valence-corrected chi connectivity index (χ1v) is 12.3. The zero-order valence-electron chi connectivity index (χ0n) is 18.4. The summed E-state index contributed by atoms with van der Waals surface area (Å²) in [7, 11) is 0. The van der Waals surface area contributed by atoms with E-state index in [-0.39, 0.29) is 12.3 Å². The minimum atomic E-state index is -4.93. The molecule has 1 atom stereocenters. The van der Waals surface area contributed by atoms with Gasteiger partial charge in [-0.25, -0.2) is 14.4 Å². The zero-order valence-corrected chi connectivity index (χ0v) is 20.8. The third-order valence-electron chi connectivity index (χ3n) is 5.83. The number of nitrogens with zero attached hydrogens (tertiary/aromatic N) is 3. The molecule has 1 N–H and O–H groups in total. The Kier molecular flexibility index (Phi) is 6.55. The second-order valence-electron chi connectivity index (χ2n) is 8.06. The minimum Gasteiger partial charge on any atom is -0.374 e. The van der Waals surface area contributed by atoms with Gasteiger partial charge in [-0.2, -0.15) is 13.2 Å². The van der Waals surface area contributed by atoms with E-state index in [4.69, 9.17) is 28.0 Å². The molecule has 1 aliphatic heterocycles. The highest BCUT2D eigenvalue weighted by atomic mass is 35.5. The van der Waals surface area contributed by atoms with Gasteiger partial charge in [-0.3, -0.25) is 4.79 Å². The van der Waals surface area contributed by atoms with Crippen LogP contribution in [0, 0.1) is 5.82 Å². The highest BCUT2D eigenvalue weighted by molar-refractivity contribution is 7.17. The molecule has 0 fully saturated rings. The summed E-state index contributed by atoms with van der Waals surface area (Å²) in [6, 6.07) is 8.03. The van der Waals surface area contributed by atoms with Crippen LogP contribution in [0.3, 0.4) is 0 Å². The van der Waals surface area contributed by atoms with Crippen molar-refractivity contribution >= 4 is 56.2 Å². The second-order valence-corrected chi connectivity index (χ2v) is 9.79. The van der Waals surface area contributed by atoms with Crippen LogP contribution in [0.4, 0.5) is 17.6 Å². The summed E-state index contributed by atoms with van der Waals surface area (Å²) >= 11 is 12.8. The largest absolute Gasteiger partial charge is 0.435 e. The molecule has 0 radical (unpaired) electrons. The van der Waals surface area contributed by atoms with Crippen LogP contribution in [0.15, 0.2) is 59.3 Å². The zero-order chi connectivity index (χ0) is 26.4. The average Bonchev–Trinajstić information content (AvgIpc) is 3.54. The Morgan fingerprint density at radius 2 is 1.84 bits per heavy atom. The fourth-order valence-electron chi connectivity index (χ4n) is 4.01. The molecule has 1 amide bonds. The van der Waals surface area contributed by atoms with E-state index in [1.807, 2.05) is 0 Å². The third-order valence-corrected chi connectivity index (χ3v) is 7.33. The van der Waals surface area contributed by atoms with Gasteiger partial charge in [0.15, 0.2) is 5.82 Å². The number of nitrogens with one attached hydrogen (secondary N) is 1. The van der Waals surface area contributed by atoms with Gasteiger partial charge in [0.05, 0.1) is 27.9 Å². The van der Waals surface area contributed by atoms with E-state index >= 15 is 0 Å². The number of benzene rings is 2. The Balaban J connectivity index is 1.47. The third kappa shape index (κ3) is 4.51. The number of carbonyl (C=O) groups excluding carboxylic acids is 1. The van der Waals surface area contributed by atoms with Crippen LogP contribution in [0.1, 0.15) is 33.7 Å². The van der Waals surface area contributed by atoms with Crippen molar-refractivity contribution in [3.8, 4) is 0 Å². The number of hydrogen-bond acceptors (Lipinski definition) is 6. The first-order chi connectivity index (χ1) is 17.6. The number of amides is 1. The highest BCUT2D eigenvalue weighted by Gasteiger charge is 2.62. The van der Waals surface area contributed by atoms with Crippen LogP contribution >= 0.6 is 34.5 Å². The lowest BCUT2D eigenvalue weighted by Crippen LogP contribution is -2.42. The summed E-state index contributed by atoms with van der Waals surface area (Å²) < 4.78 is 57.6. The maximum atomic E-state index is 14.4. The van der Waals surface area contributed by atoms with Gasteiger partial charge < -0.3 is 10.2 Å². The number of fused-ring (bicyclic) bond motifs is 1. The van der Waals surface area contributed by atoms with E-state index in [0.29, 0.717) is 27.0 Å². The Bertz CT molecular complexity index is 1520. The minimum absolute atomic E-state index is 0.00180. The van der Waals surface area contributed by atoms with E-state index in [9.17, 15) is 22.4 Å². The molecule has 3 heterocycles. The van der Waals surface area contributed by atoms with Crippen molar-refractivity contribution in [1.29, 1.82) is 0 Å². The molecule has 2 aromatic carbocycles. The van der Waals surface area contributed by atoms with Crippen molar-refractivity contribution in [2.24, 2.45) is 5.16 Å². The van der Waals surface area contributed by atoms with Crippen LogP contribution in [-0.4, -0.2) is 27.8 Å². The number of rotatable bonds is 5. The number of carbonyl (C=O) groups is 1. The molecule has 1 unspecified atom stereocenters. The van der Waals surface area contributed by atoms with Crippen LogP contribution in [-0.2, 0) is 17.0 Å². The number of thiophene rings is 1. The van der Waals surface area contributed by atoms with Crippen molar-refractivity contribution in [2.75, 3.05) is 0 Å². The summed E-state index contributed by atoms with van der Waals surface area (Å²) in [6.07, 6.45) is -2.54. The van der Waals surface area contributed by atoms with E-state index in [1.165, 1.54) is 23.5 Å². The number of hydrogen-bond donors (Lipinski definition) is 1. The van der Waals surface area contributed by atoms with Gasteiger partial charge in [0.2, 0.25) is 0 Å². The van der Waals surface area contributed by atoms with Crippen molar-refractivity contribution in [2.45, 2.75) is 24.7 Å². The molecular formula is C24H14Cl2F4N4O2S. The quantitative estimate of drug-likeness (QED) is 0.216. The van der Waals surface area contributed by atoms with Gasteiger partial charge in [-0.15, -0.1) is 11.3 Å². The normalized spacial score (nSPS) is 17.5. The molecule has 1 aliphatic rings. The standard InChI is InChI=1S/C24H14Cl2F4N4O2S/c25-16-8-12(9-17(26)20(16)27)23(24(28,29)30)10-18(34-36-23)13-2-3-15(21-14(13)4-7-37-21)22(35)33-11-19-31-5-1-6-32-19/h1-9H,10-11H2,(H,33,35). The molecule has 0 bridgehead atoms. The van der Waals surface area contributed by atoms with Crippen LogP contribution in [0.5, 0.6) is 0 Å². The van der Waals surface area contributed by atoms with Crippen molar-refractivity contribution in [3.63, 3.8) is 0 Å². The number of alkyl halides is 3. The van der Waals surface area contributed by atoms with Crippen molar-refractivity contribution in [1.82, 2.24) is 15.3 Å². The fraction of sp³-hybridized carbons (Fsp3) is 0.167. The van der Waals surface area contributed by atoms with Crippen LogP contribution < -0.4 is 5.32 Å². The Hall–Kier alpha value is -3.28. The maximum Gasteiger partial charge on any atom is 0.435 e. The fourth-order valence-corrected chi connectivity index (χ4v) is 5.43. The van der Waals surface area contributed by atoms with E-state index in [2.05, 4.69) is 20.4 Å². The Morgan fingerprint density at radius 3 is 2.51 bits per heavy atom. The molecule has 0 saturated carbocycles. The Labute approximate surface area is 220 Å². The van der Waals surface area contributed by atoms with Crippen LogP contribution in [0.25, 0.3) is 10.1 Å². The Morgan fingerprint density at radius 1 is 1.14 bits per heavy atom. The summed E-state index contributed by atoms with van der Waals surface area (Å²) in [5.41, 5.74) is -2.69. The molecule has 2 aromatic heterocycles. The second kappa shape index (κ2) is 9.55. The molecule has 5 rings (SSSR count). The first-order valence-electron chi connectivity index (χ1n) is 10.6. The topological polar surface area (TPSA) is 76.5 Å². The molecular weight excluding hydrogens is 555 g/mol. The van der Waals surface area contributed by atoms with E-state index < -0.39 is 45.5 Å². The summed E-state index contributed by atoms with van der Waals surface area (Å²) in [5.74, 6) is -0.996. The average molecular weight is 569 g/mol. The van der Waals surface area contributed by atoms with Gasteiger partial charge in [0.25, 0.3) is 11.5 Å². The van der Waals surface area contributed by atoms with Gasteiger partial charge in [0, 0.05) is 40.0 Å². The lowest BCUT2D eigenvalue weighted by atomic mass is 9.86. The summed E-state index contributed by atoms with van der Waals surface area (Å²) in [6.45, 7) is 0.103. The molecule has 0 spiro atoms. The maximum absolute atomic E-state index is 14.4. The molecule has 37 heavy (non-hydrogen) atoms. The molecule has 0 saturated heterocycles. The number of oxime groups is 1. The lowest BCUT2D eigenvalue weighted by Gasteiger charge is -2.29. The molecule has 6 nitrogen and oxygen atoms in total. The van der Waals surface area contributed by atoms with Gasteiger partial charge in [-0.1, -0.05) is 34.4 Å². The van der Waals surface area contributed by atoms with Gasteiger partial charge >= 0.3 is 6.18 Å². The number of aromatic nitrogens is 2. The molecule has 190 valence electrons. The highest BCUT2D eigenvalue weighted by Crippen LogP contribution is 2.50. The predicted molar refractivity (Wildman–Crippen MR) is 131 cm³/mol. The SMILES string of the molecule is O=C(NCc1ncccn1)c1ccc(C2=NOC(c3cc(Cl)c(F)c(Cl)c3)(C(F)(F)F)C2)c2ccsc12. The van der Waals surface area contributed by atoms with Crippen molar-refractivity contribution < 1.29 is 27.2 Å². The predicted octanol–water partition coefficient (Wildman–Crippen LogP) is 6.65. The van der Waals surface area contributed by atoms with Crippen LogP contribution in [0.2, 0.25) is 10.0 Å². The van der Waals surface area contributed by atoms with E-state index in [1.54, 1.807) is 29.9 Å². The molecule has 0 aliphatic carbocycles. The smallest absolute Gasteiger partial charge is 0.374 e. The van der Waals surface area contributed by atoms with Gasteiger partial charge in [0.1, 0.15) is 5.82 Å². The monoisotopic (exact) mass is 568 g/mol. The summed E-state index contributed by atoms with van der Waals surface area (Å²) in [5, 5.41) is 7.62. The molecule has 13 heteroatoms.